The van der Waals surface area contributed by atoms with E-state index in [2.05, 4.69) is 5.32 Å². The minimum atomic E-state index is -3.64. The Morgan fingerprint density at radius 3 is 2.38 bits per heavy atom. The molecule has 4 nitrogen and oxygen atoms in total. The molecule has 0 radical (unpaired) electrons. The second-order valence-corrected chi connectivity index (χ2v) is 8.34. The molecule has 1 aromatic carbocycles. The summed E-state index contributed by atoms with van der Waals surface area (Å²) in [7, 11) is -0.389. The van der Waals surface area contributed by atoms with Crippen molar-refractivity contribution in [3.05, 3.63) is 29.6 Å². The maximum atomic E-state index is 13.6. The summed E-state index contributed by atoms with van der Waals surface area (Å²) in [5.74, 6) is -0.408. The maximum absolute atomic E-state index is 13.6. The van der Waals surface area contributed by atoms with Gasteiger partial charge in [0.15, 0.2) is 0 Å². The molecule has 6 heteroatoms. The van der Waals surface area contributed by atoms with Crippen molar-refractivity contribution in [3.8, 4) is 0 Å². The zero-order valence-corrected chi connectivity index (χ0v) is 14.4. The van der Waals surface area contributed by atoms with Gasteiger partial charge in [-0.1, -0.05) is 20.8 Å². The van der Waals surface area contributed by atoms with E-state index in [1.54, 1.807) is 14.1 Å². The third-order valence-corrected chi connectivity index (χ3v) is 5.78. The van der Waals surface area contributed by atoms with Gasteiger partial charge in [-0.05, 0) is 37.6 Å². The molecule has 0 heterocycles. The topological polar surface area (TPSA) is 49.4 Å². The Kier molecular flexibility index (Phi) is 5.52. The molecule has 0 bridgehead atoms. The zero-order valence-electron chi connectivity index (χ0n) is 13.6. The van der Waals surface area contributed by atoms with Gasteiger partial charge in [-0.3, -0.25) is 0 Å². The molecule has 0 aliphatic carbocycles. The van der Waals surface area contributed by atoms with Crippen LogP contribution in [0.15, 0.2) is 23.1 Å². The zero-order chi connectivity index (χ0) is 16.4. The van der Waals surface area contributed by atoms with Crippen molar-refractivity contribution in [1.82, 2.24) is 9.62 Å². The molecule has 1 rings (SSSR count). The van der Waals surface area contributed by atoms with Gasteiger partial charge in [-0.15, -0.1) is 0 Å². The van der Waals surface area contributed by atoms with E-state index < -0.39 is 15.8 Å². The molecule has 1 N–H and O–H groups in total. The van der Waals surface area contributed by atoms with Crippen LogP contribution in [0.3, 0.4) is 0 Å². The molecule has 21 heavy (non-hydrogen) atoms. The van der Waals surface area contributed by atoms with Gasteiger partial charge < -0.3 is 5.32 Å². The van der Waals surface area contributed by atoms with Crippen molar-refractivity contribution in [2.75, 3.05) is 14.1 Å². The van der Waals surface area contributed by atoms with E-state index in [4.69, 9.17) is 0 Å². The van der Waals surface area contributed by atoms with Crippen LogP contribution in [0, 0.1) is 11.2 Å². The molecular weight excluding hydrogens is 291 g/mol. The lowest BCUT2D eigenvalue weighted by molar-refractivity contribution is 0.216. The fourth-order valence-corrected chi connectivity index (χ4v) is 3.55. The first-order valence-electron chi connectivity index (χ1n) is 6.93. The normalized spacial score (nSPS) is 14.5. The minimum absolute atomic E-state index is 0.118. The van der Waals surface area contributed by atoms with E-state index in [1.165, 1.54) is 22.5 Å². The minimum Gasteiger partial charge on any atom is -0.316 e. The third-order valence-electron chi connectivity index (χ3n) is 3.86. The Morgan fingerprint density at radius 1 is 1.33 bits per heavy atom. The quantitative estimate of drug-likeness (QED) is 0.908. The summed E-state index contributed by atoms with van der Waals surface area (Å²) in [6.45, 7) is 8.12. The maximum Gasteiger partial charge on any atom is 0.243 e. The van der Waals surface area contributed by atoms with Crippen molar-refractivity contribution in [2.45, 2.75) is 45.2 Å². The number of hydrogen-bond acceptors (Lipinski definition) is 3. The molecule has 0 aliphatic rings. The molecule has 1 unspecified atom stereocenters. The van der Waals surface area contributed by atoms with Crippen LogP contribution < -0.4 is 5.32 Å². The monoisotopic (exact) mass is 316 g/mol. The van der Waals surface area contributed by atoms with Crippen LogP contribution in [-0.4, -0.2) is 32.9 Å². The van der Waals surface area contributed by atoms with Crippen molar-refractivity contribution in [2.24, 2.45) is 5.41 Å². The number of nitrogens with zero attached hydrogens (tertiary/aromatic N) is 1. The molecule has 0 saturated carbocycles. The first-order valence-corrected chi connectivity index (χ1v) is 8.37. The van der Waals surface area contributed by atoms with Gasteiger partial charge in [-0.25, -0.2) is 12.8 Å². The van der Waals surface area contributed by atoms with E-state index in [0.29, 0.717) is 5.56 Å². The Morgan fingerprint density at radius 2 is 1.90 bits per heavy atom. The van der Waals surface area contributed by atoms with Gasteiger partial charge >= 0.3 is 0 Å². The van der Waals surface area contributed by atoms with E-state index in [-0.39, 0.29) is 22.9 Å². The Balaban J connectivity index is 3.22. The summed E-state index contributed by atoms with van der Waals surface area (Å²) in [4.78, 5) is 0.118. The first kappa shape index (κ1) is 18.1. The van der Waals surface area contributed by atoms with Crippen LogP contribution in [0.2, 0.25) is 0 Å². The van der Waals surface area contributed by atoms with Crippen LogP contribution in [0.4, 0.5) is 4.39 Å². The average Bonchev–Trinajstić information content (AvgIpc) is 2.38. The fraction of sp³-hybridized carbons (Fsp3) is 0.600. The molecule has 0 aliphatic heterocycles. The lowest BCUT2D eigenvalue weighted by Crippen LogP contribution is -2.42. The van der Waals surface area contributed by atoms with E-state index >= 15 is 0 Å². The molecule has 0 fully saturated rings. The largest absolute Gasteiger partial charge is 0.316 e. The smallest absolute Gasteiger partial charge is 0.243 e. The van der Waals surface area contributed by atoms with E-state index in [0.717, 1.165) is 0 Å². The Labute approximate surface area is 127 Å². The lowest BCUT2D eigenvalue weighted by atomic mass is 9.88. The number of nitrogens with one attached hydrogen (secondary N) is 1. The van der Waals surface area contributed by atoms with Crippen molar-refractivity contribution >= 4 is 10.0 Å². The lowest BCUT2D eigenvalue weighted by Gasteiger charge is -2.34. The highest BCUT2D eigenvalue weighted by molar-refractivity contribution is 7.89. The van der Waals surface area contributed by atoms with Crippen LogP contribution in [0.1, 0.15) is 33.3 Å². The SMILES string of the molecule is CNCc1cc(S(=O)(=O)N(C)C(C)C(C)(C)C)ccc1F. The Bertz CT molecular complexity index is 594. The standard InChI is InChI=1S/C15H25FN2O2S/c1-11(15(2,3)4)18(6)21(19,20)13-7-8-14(16)12(9-13)10-17-5/h7-9,11,17H,10H2,1-6H3. The number of benzene rings is 1. The van der Waals surface area contributed by atoms with Crippen LogP contribution in [0.5, 0.6) is 0 Å². The van der Waals surface area contributed by atoms with Gasteiger partial charge in [0.25, 0.3) is 0 Å². The van der Waals surface area contributed by atoms with Crippen LogP contribution in [-0.2, 0) is 16.6 Å². The number of rotatable bonds is 5. The third kappa shape index (κ3) is 4.02. The van der Waals surface area contributed by atoms with Crippen LogP contribution in [0.25, 0.3) is 0 Å². The van der Waals surface area contributed by atoms with Gasteiger partial charge in [0, 0.05) is 25.2 Å². The summed E-state index contributed by atoms with van der Waals surface area (Å²) >= 11 is 0. The Hall–Kier alpha value is -0.980. The predicted molar refractivity (Wildman–Crippen MR) is 83.0 cm³/mol. The summed E-state index contributed by atoms with van der Waals surface area (Å²) in [5.41, 5.74) is 0.158. The van der Waals surface area contributed by atoms with Gasteiger partial charge in [0.05, 0.1) is 4.90 Å². The summed E-state index contributed by atoms with van der Waals surface area (Å²) < 4.78 is 40.3. The highest BCUT2D eigenvalue weighted by Crippen LogP contribution is 2.28. The van der Waals surface area contributed by atoms with Gasteiger partial charge in [0.1, 0.15) is 5.82 Å². The van der Waals surface area contributed by atoms with Crippen molar-refractivity contribution < 1.29 is 12.8 Å². The number of hydrogen-bond donors (Lipinski definition) is 1. The molecule has 0 saturated heterocycles. The highest BCUT2D eigenvalue weighted by Gasteiger charge is 2.32. The van der Waals surface area contributed by atoms with Gasteiger partial charge in [0.2, 0.25) is 10.0 Å². The van der Waals surface area contributed by atoms with Crippen LogP contribution >= 0.6 is 0 Å². The van der Waals surface area contributed by atoms with Gasteiger partial charge in [-0.2, -0.15) is 4.31 Å². The first-order chi connectivity index (χ1) is 9.51. The molecule has 1 atom stereocenters. The van der Waals surface area contributed by atoms with E-state index in [9.17, 15) is 12.8 Å². The molecule has 0 aromatic heterocycles. The molecule has 1 aromatic rings. The summed E-state index contributed by atoms with van der Waals surface area (Å²) in [6, 6.07) is 3.73. The summed E-state index contributed by atoms with van der Waals surface area (Å²) in [6.07, 6.45) is 0. The average molecular weight is 316 g/mol. The fourth-order valence-electron chi connectivity index (χ4n) is 1.96. The molecule has 0 amide bonds. The second-order valence-electron chi connectivity index (χ2n) is 6.35. The number of sulfonamides is 1. The molecule has 0 spiro atoms. The van der Waals surface area contributed by atoms with Crippen molar-refractivity contribution in [1.29, 1.82) is 0 Å². The van der Waals surface area contributed by atoms with E-state index in [1.807, 2.05) is 27.7 Å². The van der Waals surface area contributed by atoms with Crippen molar-refractivity contribution in [3.63, 3.8) is 0 Å². The number of halogens is 1. The molecular formula is C15H25FN2O2S. The summed E-state index contributed by atoms with van der Waals surface area (Å²) in [5, 5.41) is 2.83. The molecule has 120 valence electrons. The highest BCUT2D eigenvalue weighted by atomic mass is 32.2. The second kappa shape index (κ2) is 6.42. The predicted octanol–water partition coefficient (Wildman–Crippen LogP) is 2.60.